The van der Waals surface area contributed by atoms with Crippen molar-refractivity contribution < 1.29 is 22.7 Å². The highest BCUT2D eigenvalue weighted by atomic mass is 32.2. The fourth-order valence-electron chi connectivity index (χ4n) is 4.82. The summed E-state index contributed by atoms with van der Waals surface area (Å²) in [5, 5.41) is 2.95. The number of amides is 1. The van der Waals surface area contributed by atoms with Crippen LogP contribution in [0.5, 0.6) is 0 Å². The minimum absolute atomic E-state index is 0.00640. The summed E-state index contributed by atoms with van der Waals surface area (Å²) in [6.45, 7) is -0.0885. The number of carbonyl (C=O) groups excluding carboxylic acids is 2. The van der Waals surface area contributed by atoms with Gasteiger partial charge in [0.25, 0.3) is 15.9 Å². The highest BCUT2D eigenvalue weighted by molar-refractivity contribution is 7.92. The number of para-hydroxylation sites is 1. The number of carbonyl (C=O) groups is 2. The lowest BCUT2D eigenvalue weighted by Gasteiger charge is -2.26. The van der Waals surface area contributed by atoms with Crippen molar-refractivity contribution in [3.05, 3.63) is 95.1 Å². The standard InChI is InChI=1S/C27H26N2O5S/c30-26(28-24-13-6-9-19-7-1-3-12-23(19)24)18-34-27(31)21-10-5-11-22(17-21)35(32,33)29-16-15-20-8-2-4-14-25(20)29/h1-5,7-8,10-12,14,17,24H,6,9,13,15-16,18H2,(H,28,30)/t24-/m1/s1. The van der Waals surface area contributed by atoms with Crippen molar-refractivity contribution >= 4 is 27.6 Å². The molecule has 35 heavy (non-hydrogen) atoms. The van der Waals surface area contributed by atoms with Crippen LogP contribution in [-0.2, 0) is 32.4 Å². The van der Waals surface area contributed by atoms with Gasteiger partial charge in [-0.15, -0.1) is 0 Å². The Morgan fingerprint density at radius 2 is 1.71 bits per heavy atom. The number of sulfonamides is 1. The molecule has 1 aliphatic carbocycles. The van der Waals surface area contributed by atoms with E-state index in [0.29, 0.717) is 18.7 Å². The molecule has 0 saturated heterocycles. The lowest BCUT2D eigenvalue weighted by molar-refractivity contribution is -0.125. The predicted molar refractivity (Wildman–Crippen MR) is 132 cm³/mol. The molecule has 5 rings (SSSR count). The molecule has 1 aliphatic heterocycles. The summed E-state index contributed by atoms with van der Waals surface area (Å²) in [5.74, 6) is -1.14. The van der Waals surface area contributed by atoms with Gasteiger partial charge in [-0.05, 0) is 66.6 Å². The summed E-state index contributed by atoms with van der Waals surface area (Å²) in [6.07, 6.45) is 3.43. The van der Waals surface area contributed by atoms with Gasteiger partial charge >= 0.3 is 5.97 Å². The molecular weight excluding hydrogens is 464 g/mol. The van der Waals surface area contributed by atoms with Crippen molar-refractivity contribution in [3.63, 3.8) is 0 Å². The second-order valence-electron chi connectivity index (χ2n) is 8.77. The Hall–Kier alpha value is -3.65. The van der Waals surface area contributed by atoms with Gasteiger partial charge < -0.3 is 10.1 Å². The zero-order chi connectivity index (χ0) is 24.4. The maximum Gasteiger partial charge on any atom is 0.338 e. The van der Waals surface area contributed by atoms with Crippen LogP contribution in [0.1, 0.15) is 45.9 Å². The molecule has 180 valence electrons. The third kappa shape index (κ3) is 4.66. The van der Waals surface area contributed by atoms with Crippen LogP contribution in [0.2, 0.25) is 0 Å². The van der Waals surface area contributed by atoms with Gasteiger partial charge in [-0.3, -0.25) is 9.10 Å². The number of hydrogen-bond donors (Lipinski definition) is 1. The molecule has 0 fully saturated rings. The van der Waals surface area contributed by atoms with E-state index in [1.165, 1.54) is 34.1 Å². The molecule has 0 radical (unpaired) electrons. The van der Waals surface area contributed by atoms with E-state index < -0.39 is 28.5 Å². The molecule has 1 atom stereocenters. The van der Waals surface area contributed by atoms with E-state index >= 15 is 0 Å². The number of nitrogens with one attached hydrogen (secondary N) is 1. The van der Waals surface area contributed by atoms with E-state index in [4.69, 9.17) is 4.74 Å². The number of fused-ring (bicyclic) bond motifs is 2. The van der Waals surface area contributed by atoms with Gasteiger partial charge in [-0.25, -0.2) is 13.2 Å². The molecule has 7 nitrogen and oxygen atoms in total. The minimum Gasteiger partial charge on any atom is -0.452 e. The number of aryl methyl sites for hydroxylation is 1. The molecule has 2 aliphatic rings. The number of hydrogen-bond acceptors (Lipinski definition) is 5. The van der Waals surface area contributed by atoms with Crippen molar-refractivity contribution in [2.75, 3.05) is 17.5 Å². The van der Waals surface area contributed by atoms with Crippen LogP contribution in [0.3, 0.4) is 0 Å². The van der Waals surface area contributed by atoms with E-state index in [2.05, 4.69) is 11.4 Å². The Bertz CT molecular complexity index is 1390. The van der Waals surface area contributed by atoms with Crippen LogP contribution in [0.4, 0.5) is 5.69 Å². The number of ether oxygens (including phenoxy) is 1. The molecule has 0 bridgehead atoms. The van der Waals surface area contributed by atoms with Crippen LogP contribution in [-0.4, -0.2) is 33.4 Å². The summed E-state index contributed by atoms with van der Waals surface area (Å²) < 4.78 is 33.1. The van der Waals surface area contributed by atoms with Gasteiger partial charge in [0.2, 0.25) is 0 Å². The van der Waals surface area contributed by atoms with Crippen LogP contribution in [0, 0.1) is 0 Å². The molecule has 0 unspecified atom stereocenters. The summed E-state index contributed by atoms with van der Waals surface area (Å²) in [4.78, 5) is 25.1. The van der Waals surface area contributed by atoms with Crippen molar-refractivity contribution in [1.29, 1.82) is 0 Å². The number of rotatable bonds is 6. The van der Waals surface area contributed by atoms with Gasteiger partial charge in [-0.1, -0.05) is 48.5 Å². The summed E-state index contributed by atoms with van der Waals surface area (Å²) >= 11 is 0. The Balaban J connectivity index is 1.24. The molecule has 0 saturated carbocycles. The zero-order valence-corrected chi connectivity index (χ0v) is 20.0. The maximum atomic E-state index is 13.3. The van der Waals surface area contributed by atoms with Crippen LogP contribution in [0.15, 0.2) is 77.7 Å². The number of anilines is 1. The van der Waals surface area contributed by atoms with Gasteiger partial charge in [0.1, 0.15) is 0 Å². The van der Waals surface area contributed by atoms with E-state index in [-0.39, 0.29) is 16.5 Å². The normalized spacial score (nSPS) is 16.8. The number of nitrogens with zero attached hydrogens (tertiary/aromatic N) is 1. The average Bonchev–Trinajstić information content (AvgIpc) is 3.33. The molecule has 3 aromatic carbocycles. The first kappa shape index (κ1) is 23.1. The minimum atomic E-state index is -3.84. The Labute approximate surface area is 204 Å². The molecule has 1 amide bonds. The van der Waals surface area contributed by atoms with E-state index in [1.54, 1.807) is 12.1 Å². The number of benzene rings is 3. The highest BCUT2D eigenvalue weighted by Crippen LogP contribution is 2.33. The van der Waals surface area contributed by atoms with Crippen LogP contribution < -0.4 is 9.62 Å². The summed E-state index contributed by atoms with van der Waals surface area (Å²) in [7, 11) is -3.84. The lowest BCUT2D eigenvalue weighted by Crippen LogP contribution is -2.34. The smallest absolute Gasteiger partial charge is 0.338 e. The predicted octanol–water partition coefficient (Wildman–Crippen LogP) is 3.79. The Morgan fingerprint density at radius 3 is 2.57 bits per heavy atom. The van der Waals surface area contributed by atoms with E-state index in [9.17, 15) is 18.0 Å². The topological polar surface area (TPSA) is 92.8 Å². The Kier molecular flexibility index (Phi) is 6.30. The molecular formula is C27H26N2O5S. The molecule has 0 aromatic heterocycles. The fraction of sp³-hybridized carbons (Fsp3) is 0.259. The molecule has 8 heteroatoms. The monoisotopic (exact) mass is 490 g/mol. The van der Waals surface area contributed by atoms with Crippen molar-refractivity contribution in [2.24, 2.45) is 0 Å². The third-order valence-corrected chi connectivity index (χ3v) is 8.35. The third-order valence-electron chi connectivity index (χ3n) is 6.54. The first-order valence-electron chi connectivity index (χ1n) is 11.7. The maximum absolute atomic E-state index is 13.3. The van der Waals surface area contributed by atoms with Crippen molar-refractivity contribution in [1.82, 2.24) is 5.32 Å². The van der Waals surface area contributed by atoms with Gasteiger partial charge in [-0.2, -0.15) is 0 Å². The lowest BCUT2D eigenvalue weighted by atomic mass is 9.88. The largest absolute Gasteiger partial charge is 0.452 e. The summed E-state index contributed by atoms with van der Waals surface area (Å²) in [5.41, 5.74) is 4.02. The SMILES string of the molecule is O=C(COC(=O)c1cccc(S(=O)(=O)N2CCc3ccccc32)c1)N[C@@H]1CCCc2ccccc21. The first-order valence-corrected chi connectivity index (χ1v) is 13.1. The van der Waals surface area contributed by atoms with Crippen molar-refractivity contribution in [2.45, 2.75) is 36.6 Å². The second kappa shape index (κ2) is 9.54. The molecule has 1 heterocycles. The zero-order valence-electron chi connectivity index (χ0n) is 19.1. The molecule has 3 aromatic rings. The first-order chi connectivity index (χ1) is 16.9. The van der Waals surface area contributed by atoms with Gasteiger partial charge in [0.15, 0.2) is 6.61 Å². The average molecular weight is 491 g/mol. The van der Waals surface area contributed by atoms with E-state index in [1.807, 2.05) is 30.3 Å². The van der Waals surface area contributed by atoms with Crippen LogP contribution >= 0.6 is 0 Å². The number of esters is 1. The van der Waals surface area contributed by atoms with Gasteiger partial charge in [0, 0.05) is 6.54 Å². The second-order valence-corrected chi connectivity index (χ2v) is 10.6. The van der Waals surface area contributed by atoms with E-state index in [0.717, 1.165) is 30.4 Å². The Morgan fingerprint density at radius 1 is 0.943 bits per heavy atom. The van der Waals surface area contributed by atoms with Gasteiger partial charge in [0.05, 0.1) is 22.2 Å². The fourth-order valence-corrected chi connectivity index (χ4v) is 6.37. The summed E-state index contributed by atoms with van der Waals surface area (Å²) in [6, 6.07) is 21.0. The highest BCUT2D eigenvalue weighted by Gasteiger charge is 2.31. The molecule has 1 N–H and O–H groups in total. The van der Waals surface area contributed by atoms with Crippen molar-refractivity contribution in [3.8, 4) is 0 Å². The molecule has 0 spiro atoms. The quantitative estimate of drug-likeness (QED) is 0.531. The van der Waals surface area contributed by atoms with Crippen LogP contribution in [0.25, 0.3) is 0 Å².